The average Bonchev–Trinajstić information content (AvgIpc) is 2.95. The maximum atomic E-state index is 12.4. The van der Waals surface area contributed by atoms with E-state index in [1.165, 1.54) is 20.3 Å². The second-order valence-corrected chi connectivity index (χ2v) is 7.79. The van der Waals surface area contributed by atoms with Crippen LogP contribution in [0.25, 0.3) is 0 Å². The van der Waals surface area contributed by atoms with Gasteiger partial charge in [-0.1, -0.05) is 29.8 Å². The molecule has 124 valence electrons. The number of benzene rings is 1. The number of para-hydroxylation sites is 1. The fraction of sp³-hybridized carbons (Fsp3) is 0.214. The van der Waals surface area contributed by atoms with Crippen molar-refractivity contribution < 1.29 is 22.7 Å². The molecule has 0 saturated heterocycles. The van der Waals surface area contributed by atoms with Gasteiger partial charge in [-0.15, -0.1) is 11.3 Å². The Kier molecular flexibility index (Phi) is 5.64. The molecule has 2 rings (SSSR count). The maximum Gasteiger partial charge on any atom is 0.349 e. The third kappa shape index (κ3) is 4.03. The Morgan fingerprint density at radius 1 is 1.30 bits per heavy atom. The molecule has 23 heavy (non-hydrogen) atoms. The molecular formula is C14H14ClNO5S2. The third-order valence-corrected chi connectivity index (χ3v) is 5.77. The molecule has 0 aliphatic carbocycles. The number of sulfonamides is 1. The molecule has 0 radical (unpaired) electrons. The van der Waals surface area contributed by atoms with Crippen molar-refractivity contribution in [1.29, 1.82) is 0 Å². The van der Waals surface area contributed by atoms with Gasteiger partial charge in [0.2, 0.25) is 10.0 Å². The van der Waals surface area contributed by atoms with Gasteiger partial charge in [-0.2, -0.15) is 0 Å². The molecule has 0 unspecified atom stereocenters. The second-order valence-electron chi connectivity index (χ2n) is 4.37. The average molecular weight is 376 g/mol. The molecule has 0 atom stereocenters. The van der Waals surface area contributed by atoms with Gasteiger partial charge in [0.15, 0.2) is 0 Å². The molecule has 1 aromatic heterocycles. The standard InChI is InChI=1S/C14H14ClNO5S2/c1-20-10-6-4-3-5-9(10)8-16-23(18,19)11-7-12(15)22-13(11)14(17)21-2/h3-7,16H,8H2,1-2H3. The molecule has 0 aliphatic heterocycles. The maximum absolute atomic E-state index is 12.4. The Hall–Kier alpha value is -1.61. The summed E-state index contributed by atoms with van der Waals surface area (Å²) in [5, 5.41) is 0. The Bertz CT molecular complexity index is 816. The predicted molar refractivity (Wildman–Crippen MR) is 87.7 cm³/mol. The Labute approximate surface area is 143 Å². The normalized spacial score (nSPS) is 11.3. The first-order valence-electron chi connectivity index (χ1n) is 6.38. The summed E-state index contributed by atoms with van der Waals surface area (Å²) in [7, 11) is -1.25. The van der Waals surface area contributed by atoms with E-state index in [0.29, 0.717) is 11.3 Å². The van der Waals surface area contributed by atoms with Gasteiger partial charge in [-0.05, 0) is 12.1 Å². The smallest absolute Gasteiger partial charge is 0.349 e. The minimum Gasteiger partial charge on any atom is -0.496 e. The Balaban J connectivity index is 2.28. The first-order valence-corrected chi connectivity index (χ1v) is 9.06. The molecular weight excluding hydrogens is 362 g/mol. The highest BCUT2D eigenvalue weighted by Crippen LogP contribution is 2.31. The summed E-state index contributed by atoms with van der Waals surface area (Å²) in [4.78, 5) is 11.4. The van der Waals surface area contributed by atoms with Crippen LogP contribution in [0.4, 0.5) is 0 Å². The minimum atomic E-state index is -3.93. The quantitative estimate of drug-likeness (QED) is 0.785. The van der Waals surface area contributed by atoms with Crippen LogP contribution in [0, 0.1) is 0 Å². The van der Waals surface area contributed by atoms with Crippen molar-refractivity contribution in [3.63, 3.8) is 0 Å². The topological polar surface area (TPSA) is 81.7 Å². The molecule has 0 aliphatic rings. The molecule has 0 spiro atoms. The van der Waals surface area contributed by atoms with E-state index in [0.717, 1.165) is 11.3 Å². The molecule has 1 N–H and O–H groups in total. The van der Waals surface area contributed by atoms with Crippen molar-refractivity contribution in [2.45, 2.75) is 11.4 Å². The van der Waals surface area contributed by atoms with E-state index in [1.54, 1.807) is 24.3 Å². The lowest BCUT2D eigenvalue weighted by Gasteiger charge is -2.10. The summed E-state index contributed by atoms with van der Waals surface area (Å²) in [5.41, 5.74) is 0.666. The molecule has 0 saturated carbocycles. The lowest BCUT2D eigenvalue weighted by atomic mass is 10.2. The lowest BCUT2D eigenvalue weighted by Crippen LogP contribution is -2.24. The van der Waals surface area contributed by atoms with Gasteiger partial charge in [0.1, 0.15) is 15.5 Å². The van der Waals surface area contributed by atoms with Crippen molar-refractivity contribution in [2.75, 3.05) is 14.2 Å². The van der Waals surface area contributed by atoms with Crippen LogP contribution in [-0.4, -0.2) is 28.6 Å². The summed E-state index contributed by atoms with van der Waals surface area (Å²) >= 11 is 6.69. The highest BCUT2D eigenvalue weighted by atomic mass is 35.5. The molecule has 9 heteroatoms. The zero-order chi connectivity index (χ0) is 17.0. The van der Waals surface area contributed by atoms with Crippen molar-refractivity contribution >= 4 is 38.9 Å². The molecule has 0 fully saturated rings. The van der Waals surface area contributed by atoms with Gasteiger partial charge in [0.25, 0.3) is 0 Å². The number of thiophene rings is 1. The van der Waals surface area contributed by atoms with Crippen LogP contribution < -0.4 is 9.46 Å². The van der Waals surface area contributed by atoms with Crippen LogP contribution >= 0.6 is 22.9 Å². The van der Waals surface area contributed by atoms with Gasteiger partial charge in [-0.25, -0.2) is 17.9 Å². The van der Waals surface area contributed by atoms with E-state index < -0.39 is 16.0 Å². The van der Waals surface area contributed by atoms with E-state index >= 15 is 0 Å². The highest BCUT2D eigenvalue weighted by Gasteiger charge is 2.26. The van der Waals surface area contributed by atoms with Crippen molar-refractivity contribution in [1.82, 2.24) is 4.72 Å². The highest BCUT2D eigenvalue weighted by molar-refractivity contribution is 7.89. The molecule has 0 amide bonds. The van der Waals surface area contributed by atoms with Gasteiger partial charge < -0.3 is 9.47 Å². The summed E-state index contributed by atoms with van der Waals surface area (Å²) < 4.78 is 37.3. The van der Waals surface area contributed by atoms with Crippen molar-refractivity contribution in [3.8, 4) is 5.75 Å². The summed E-state index contributed by atoms with van der Waals surface area (Å²) in [6.45, 7) is 0.0143. The van der Waals surface area contributed by atoms with Crippen molar-refractivity contribution in [3.05, 3.63) is 45.1 Å². The number of carbonyl (C=O) groups excluding carboxylic acids is 1. The van der Waals surface area contributed by atoms with Crippen LogP contribution in [-0.2, 0) is 21.3 Å². The van der Waals surface area contributed by atoms with Crippen LogP contribution in [0.2, 0.25) is 4.34 Å². The number of rotatable bonds is 6. The van der Waals surface area contributed by atoms with Crippen LogP contribution in [0.1, 0.15) is 15.2 Å². The summed E-state index contributed by atoms with van der Waals surface area (Å²) in [6.07, 6.45) is 0. The Morgan fingerprint density at radius 2 is 2.00 bits per heavy atom. The monoisotopic (exact) mass is 375 g/mol. The van der Waals surface area contributed by atoms with Crippen molar-refractivity contribution in [2.24, 2.45) is 0 Å². The molecule has 1 heterocycles. The second kappa shape index (κ2) is 7.31. The largest absolute Gasteiger partial charge is 0.496 e. The number of esters is 1. The minimum absolute atomic E-state index is 0.0143. The number of hydrogen-bond donors (Lipinski definition) is 1. The van der Waals surface area contributed by atoms with Gasteiger partial charge >= 0.3 is 5.97 Å². The number of hydrogen-bond acceptors (Lipinski definition) is 6. The lowest BCUT2D eigenvalue weighted by molar-refractivity contribution is 0.0602. The fourth-order valence-electron chi connectivity index (χ4n) is 1.88. The van der Waals surface area contributed by atoms with E-state index in [4.69, 9.17) is 16.3 Å². The van der Waals surface area contributed by atoms with Crippen LogP contribution in [0.15, 0.2) is 35.2 Å². The van der Waals surface area contributed by atoms with Gasteiger partial charge in [0, 0.05) is 12.1 Å². The first-order chi connectivity index (χ1) is 10.9. The number of nitrogens with one attached hydrogen (secondary N) is 1. The predicted octanol–water partition coefficient (Wildman–Crippen LogP) is 2.68. The zero-order valence-electron chi connectivity index (χ0n) is 12.3. The van der Waals surface area contributed by atoms with E-state index in [1.807, 2.05) is 0 Å². The summed E-state index contributed by atoms with van der Waals surface area (Å²) in [6, 6.07) is 8.25. The molecule has 1 aromatic carbocycles. The number of carbonyl (C=O) groups is 1. The van der Waals surface area contributed by atoms with E-state index in [9.17, 15) is 13.2 Å². The van der Waals surface area contributed by atoms with Crippen LogP contribution in [0.3, 0.4) is 0 Å². The SMILES string of the molecule is COC(=O)c1sc(Cl)cc1S(=O)(=O)NCc1ccccc1OC. The summed E-state index contributed by atoms with van der Waals surface area (Å²) in [5.74, 6) is -0.189. The zero-order valence-corrected chi connectivity index (χ0v) is 14.7. The molecule has 2 aromatic rings. The Morgan fingerprint density at radius 3 is 2.65 bits per heavy atom. The van der Waals surface area contributed by atoms with E-state index in [2.05, 4.69) is 9.46 Å². The fourth-order valence-corrected chi connectivity index (χ4v) is 4.61. The van der Waals surface area contributed by atoms with Crippen LogP contribution in [0.5, 0.6) is 5.75 Å². The number of methoxy groups -OCH3 is 2. The first kappa shape index (κ1) is 17.7. The van der Waals surface area contributed by atoms with E-state index in [-0.39, 0.29) is 20.7 Å². The molecule has 0 bridgehead atoms. The van der Waals surface area contributed by atoms with Gasteiger partial charge in [-0.3, -0.25) is 0 Å². The number of halogens is 1. The number of ether oxygens (including phenoxy) is 2. The molecule has 6 nitrogen and oxygen atoms in total. The van der Waals surface area contributed by atoms with Gasteiger partial charge in [0.05, 0.1) is 18.6 Å². The third-order valence-electron chi connectivity index (χ3n) is 2.97.